The molecule has 2 rings (SSSR count). The summed E-state index contributed by atoms with van der Waals surface area (Å²) in [5.41, 5.74) is -0.162. The van der Waals surface area contributed by atoms with Gasteiger partial charge in [0.2, 0.25) is 5.89 Å². The Morgan fingerprint density at radius 1 is 1.22 bits per heavy atom. The molecule has 2 aromatic rings. The summed E-state index contributed by atoms with van der Waals surface area (Å²) in [6, 6.07) is 1.68. The SMILES string of the molecule is Cc1nnc(Sc2cc(Cl)nc(C(C)(C)C)n2)o1. The van der Waals surface area contributed by atoms with E-state index in [0.717, 1.165) is 0 Å². The van der Waals surface area contributed by atoms with Crippen molar-refractivity contribution in [1.82, 2.24) is 20.2 Å². The average Bonchev–Trinajstić information content (AvgIpc) is 2.61. The predicted molar refractivity (Wildman–Crippen MR) is 68.9 cm³/mol. The topological polar surface area (TPSA) is 64.7 Å². The van der Waals surface area contributed by atoms with Gasteiger partial charge in [0.05, 0.1) is 0 Å². The van der Waals surface area contributed by atoms with Crippen LogP contribution in [0.2, 0.25) is 5.15 Å². The largest absolute Gasteiger partial charge is 0.416 e. The molecule has 2 aromatic heterocycles. The Hall–Kier alpha value is -1.14. The van der Waals surface area contributed by atoms with Crippen LogP contribution in [0.3, 0.4) is 0 Å². The van der Waals surface area contributed by atoms with Gasteiger partial charge < -0.3 is 4.42 Å². The molecular formula is C11H13ClN4OS. The summed E-state index contributed by atoms with van der Waals surface area (Å²) in [6.45, 7) is 7.84. The van der Waals surface area contributed by atoms with Crippen molar-refractivity contribution < 1.29 is 4.42 Å². The van der Waals surface area contributed by atoms with Gasteiger partial charge in [0, 0.05) is 18.4 Å². The first-order valence-electron chi connectivity index (χ1n) is 5.37. The Morgan fingerprint density at radius 2 is 1.94 bits per heavy atom. The first-order valence-corrected chi connectivity index (χ1v) is 6.57. The zero-order valence-corrected chi connectivity index (χ0v) is 12.1. The predicted octanol–water partition coefficient (Wildman–Crippen LogP) is 3.27. The zero-order valence-electron chi connectivity index (χ0n) is 10.6. The smallest absolute Gasteiger partial charge is 0.282 e. The van der Waals surface area contributed by atoms with Crippen LogP contribution >= 0.6 is 23.4 Å². The lowest BCUT2D eigenvalue weighted by atomic mass is 9.96. The minimum Gasteiger partial charge on any atom is -0.416 e. The van der Waals surface area contributed by atoms with Gasteiger partial charge in [0.15, 0.2) is 0 Å². The second-order valence-corrected chi connectivity index (χ2v) is 6.15. The summed E-state index contributed by atoms with van der Waals surface area (Å²) in [4.78, 5) is 8.68. The molecule has 0 bridgehead atoms. The minimum absolute atomic E-state index is 0.162. The molecule has 0 N–H and O–H groups in total. The van der Waals surface area contributed by atoms with Crippen molar-refractivity contribution in [2.75, 3.05) is 0 Å². The summed E-state index contributed by atoms with van der Waals surface area (Å²) in [7, 11) is 0. The summed E-state index contributed by atoms with van der Waals surface area (Å²) in [5.74, 6) is 1.21. The molecule has 0 aliphatic carbocycles. The number of aromatic nitrogens is 4. The first-order chi connectivity index (χ1) is 8.34. The van der Waals surface area contributed by atoms with E-state index in [2.05, 4.69) is 20.2 Å². The monoisotopic (exact) mass is 284 g/mol. The average molecular weight is 285 g/mol. The zero-order chi connectivity index (χ0) is 13.3. The van der Waals surface area contributed by atoms with Gasteiger partial charge in [-0.05, 0) is 11.8 Å². The van der Waals surface area contributed by atoms with Gasteiger partial charge >= 0.3 is 0 Å². The van der Waals surface area contributed by atoms with E-state index in [1.54, 1.807) is 13.0 Å². The molecule has 0 aliphatic rings. The van der Waals surface area contributed by atoms with Gasteiger partial charge in [-0.2, -0.15) is 0 Å². The molecule has 0 saturated heterocycles. The molecule has 0 aromatic carbocycles. The van der Waals surface area contributed by atoms with Gasteiger partial charge in [0.25, 0.3) is 5.22 Å². The van der Waals surface area contributed by atoms with Gasteiger partial charge in [-0.25, -0.2) is 9.97 Å². The third-order valence-corrected chi connectivity index (χ3v) is 2.99. The fourth-order valence-electron chi connectivity index (χ4n) is 1.19. The molecule has 0 spiro atoms. The number of aryl methyl sites for hydroxylation is 1. The van der Waals surface area contributed by atoms with Crippen molar-refractivity contribution in [1.29, 1.82) is 0 Å². The van der Waals surface area contributed by atoms with Crippen molar-refractivity contribution >= 4 is 23.4 Å². The Kier molecular flexibility index (Phi) is 3.59. The van der Waals surface area contributed by atoms with Crippen LogP contribution < -0.4 is 0 Å². The standard InChI is InChI=1S/C11H13ClN4OS/c1-6-15-16-10(17-6)18-8-5-7(12)13-9(14-8)11(2,3)4/h5H,1-4H3. The Bertz CT molecular complexity index is 564. The quantitative estimate of drug-likeness (QED) is 0.789. The summed E-state index contributed by atoms with van der Waals surface area (Å²) in [6.07, 6.45) is 0. The molecule has 7 heteroatoms. The van der Waals surface area contributed by atoms with Crippen LogP contribution in [0.25, 0.3) is 0 Å². The van der Waals surface area contributed by atoms with Crippen LogP contribution in [-0.2, 0) is 5.41 Å². The minimum atomic E-state index is -0.162. The van der Waals surface area contributed by atoms with E-state index >= 15 is 0 Å². The number of rotatable bonds is 2. The molecule has 0 unspecified atom stereocenters. The van der Waals surface area contributed by atoms with Crippen LogP contribution in [0.15, 0.2) is 20.7 Å². The summed E-state index contributed by atoms with van der Waals surface area (Å²) >= 11 is 7.27. The molecule has 0 amide bonds. The molecule has 96 valence electrons. The molecule has 0 atom stereocenters. The molecule has 0 saturated carbocycles. The maximum absolute atomic E-state index is 6.00. The number of halogens is 1. The van der Waals surface area contributed by atoms with E-state index in [4.69, 9.17) is 16.0 Å². The van der Waals surface area contributed by atoms with Gasteiger partial charge in [-0.15, -0.1) is 10.2 Å². The molecule has 0 aliphatic heterocycles. The van der Waals surface area contributed by atoms with Crippen LogP contribution in [0, 0.1) is 6.92 Å². The van der Waals surface area contributed by atoms with E-state index in [1.165, 1.54) is 11.8 Å². The van der Waals surface area contributed by atoms with Crippen molar-refractivity contribution in [2.45, 2.75) is 43.4 Å². The molecule has 18 heavy (non-hydrogen) atoms. The lowest BCUT2D eigenvalue weighted by Crippen LogP contribution is -2.16. The van der Waals surface area contributed by atoms with Gasteiger partial charge in [-0.1, -0.05) is 32.4 Å². The van der Waals surface area contributed by atoms with Crippen LogP contribution in [0.5, 0.6) is 0 Å². The van der Waals surface area contributed by atoms with E-state index < -0.39 is 0 Å². The third-order valence-electron chi connectivity index (χ3n) is 2.04. The third kappa shape index (κ3) is 3.20. The maximum atomic E-state index is 6.00. The number of hydrogen-bond donors (Lipinski definition) is 0. The van der Waals surface area contributed by atoms with E-state index in [9.17, 15) is 0 Å². The van der Waals surface area contributed by atoms with E-state index in [-0.39, 0.29) is 5.41 Å². The van der Waals surface area contributed by atoms with Crippen LogP contribution in [0.1, 0.15) is 32.5 Å². The highest BCUT2D eigenvalue weighted by molar-refractivity contribution is 7.99. The maximum Gasteiger partial charge on any atom is 0.282 e. The van der Waals surface area contributed by atoms with E-state index in [1.807, 2.05) is 20.8 Å². The summed E-state index contributed by atoms with van der Waals surface area (Å²) < 4.78 is 5.29. The Morgan fingerprint density at radius 3 is 2.50 bits per heavy atom. The lowest BCUT2D eigenvalue weighted by molar-refractivity contribution is 0.429. The molecular weight excluding hydrogens is 272 g/mol. The number of hydrogen-bond acceptors (Lipinski definition) is 6. The van der Waals surface area contributed by atoms with Crippen molar-refractivity contribution in [2.24, 2.45) is 0 Å². The number of nitrogens with zero attached hydrogens (tertiary/aromatic N) is 4. The van der Waals surface area contributed by atoms with Crippen molar-refractivity contribution in [3.8, 4) is 0 Å². The van der Waals surface area contributed by atoms with Gasteiger partial charge in [0.1, 0.15) is 16.0 Å². The van der Waals surface area contributed by atoms with Crippen LogP contribution in [0.4, 0.5) is 0 Å². The Balaban J connectivity index is 2.31. The van der Waals surface area contributed by atoms with E-state index in [0.29, 0.717) is 27.1 Å². The normalized spacial score (nSPS) is 11.8. The molecule has 0 fully saturated rings. The van der Waals surface area contributed by atoms with Gasteiger partial charge in [-0.3, -0.25) is 0 Å². The fourth-order valence-corrected chi connectivity index (χ4v) is 2.17. The Labute approximate surface area is 114 Å². The summed E-state index contributed by atoms with van der Waals surface area (Å²) in [5, 5.41) is 9.22. The second kappa shape index (κ2) is 4.85. The first kappa shape index (κ1) is 13.3. The van der Waals surface area contributed by atoms with Crippen molar-refractivity contribution in [3.05, 3.63) is 22.9 Å². The molecule has 5 nitrogen and oxygen atoms in total. The molecule has 0 radical (unpaired) electrons. The van der Waals surface area contributed by atoms with Crippen LogP contribution in [-0.4, -0.2) is 20.2 Å². The fraction of sp³-hybridized carbons (Fsp3) is 0.455. The lowest BCUT2D eigenvalue weighted by Gasteiger charge is -2.16. The molecule has 2 heterocycles. The highest BCUT2D eigenvalue weighted by Gasteiger charge is 2.19. The highest BCUT2D eigenvalue weighted by Crippen LogP contribution is 2.28. The van der Waals surface area contributed by atoms with Crippen molar-refractivity contribution in [3.63, 3.8) is 0 Å². The second-order valence-electron chi connectivity index (χ2n) is 4.79. The highest BCUT2D eigenvalue weighted by atomic mass is 35.5.